The van der Waals surface area contributed by atoms with Gasteiger partial charge >= 0.3 is 0 Å². The van der Waals surface area contributed by atoms with Crippen LogP contribution in [0.15, 0.2) is 8.80 Å². The highest BCUT2D eigenvalue weighted by molar-refractivity contribution is 7.83. The molecular formula is C4H6N2OS. The van der Waals surface area contributed by atoms with Gasteiger partial charge in [-0.2, -0.15) is 8.80 Å². The van der Waals surface area contributed by atoms with Crippen molar-refractivity contribution in [2.24, 2.45) is 8.80 Å². The second-order valence-corrected chi connectivity index (χ2v) is 2.41. The minimum atomic E-state index is -1.31. The van der Waals surface area contributed by atoms with Crippen LogP contribution in [0.25, 0.3) is 0 Å². The Hall–Kier alpha value is -0.510. The van der Waals surface area contributed by atoms with Gasteiger partial charge in [-0.3, -0.25) is 0 Å². The summed E-state index contributed by atoms with van der Waals surface area (Å²) < 4.78 is 17.7. The highest BCUT2D eigenvalue weighted by atomic mass is 32.2. The van der Waals surface area contributed by atoms with E-state index in [9.17, 15) is 4.21 Å². The van der Waals surface area contributed by atoms with Gasteiger partial charge in [0, 0.05) is 0 Å². The van der Waals surface area contributed by atoms with E-state index in [0.717, 1.165) is 11.4 Å². The molecule has 0 spiro atoms. The Kier molecular flexibility index (Phi) is 1.25. The first-order valence-corrected chi connectivity index (χ1v) is 3.29. The van der Waals surface area contributed by atoms with E-state index in [1.54, 1.807) is 13.8 Å². The average molecular weight is 130 g/mol. The van der Waals surface area contributed by atoms with Crippen LogP contribution in [0.2, 0.25) is 0 Å². The Labute approximate surface area is 50.3 Å². The van der Waals surface area contributed by atoms with Crippen molar-refractivity contribution in [3.8, 4) is 0 Å². The molecule has 0 saturated carbocycles. The fourth-order valence-electron chi connectivity index (χ4n) is 0.387. The van der Waals surface area contributed by atoms with E-state index in [-0.39, 0.29) is 0 Å². The molecule has 8 heavy (non-hydrogen) atoms. The molecule has 4 heteroatoms. The summed E-state index contributed by atoms with van der Waals surface area (Å²) in [6.07, 6.45) is 0. The largest absolute Gasteiger partial charge is 0.266 e. The van der Waals surface area contributed by atoms with Gasteiger partial charge < -0.3 is 0 Å². The fraction of sp³-hybridized carbons (Fsp3) is 0.500. The molecule has 0 bridgehead atoms. The number of hydrogen-bond acceptors (Lipinski definition) is 1. The Morgan fingerprint density at radius 1 is 1.25 bits per heavy atom. The second kappa shape index (κ2) is 1.78. The van der Waals surface area contributed by atoms with Crippen LogP contribution in [-0.2, 0) is 11.2 Å². The van der Waals surface area contributed by atoms with Crippen LogP contribution in [0, 0.1) is 0 Å². The SMILES string of the molecule is CC1=NS(=O)N=C1C. The van der Waals surface area contributed by atoms with Gasteiger partial charge in [0.05, 0.1) is 11.4 Å². The van der Waals surface area contributed by atoms with E-state index < -0.39 is 11.2 Å². The predicted molar refractivity (Wildman–Crippen MR) is 34.4 cm³/mol. The molecule has 0 aromatic carbocycles. The van der Waals surface area contributed by atoms with Crippen molar-refractivity contribution in [2.75, 3.05) is 0 Å². The van der Waals surface area contributed by atoms with Crippen molar-refractivity contribution in [1.82, 2.24) is 0 Å². The minimum absolute atomic E-state index is 0.781. The van der Waals surface area contributed by atoms with E-state index in [2.05, 4.69) is 8.80 Å². The Balaban J connectivity index is 2.98. The molecule has 1 aliphatic rings. The lowest BCUT2D eigenvalue weighted by Gasteiger charge is -1.80. The molecular weight excluding hydrogens is 124 g/mol. The smallest absolute Gasteiger partial charge is 0.209 e. The first-order chi connectivity index (χ1) is 3.70. The lowest BCUT2D eigenvalue weighted by molar-refractivity contribution is 0.686. The Bertz CT molecular complexity index is 174. The molecule has 0 unspecified atom stereocenters. The van der Waals surface area contributed by atoms with E-state index in [4.69, 9.17) is 0 Å². The van der Waals surface area contributed by atoms with Crippen LogP contribution < -0.4 is 0 Å². The van der Waals surface area contributed by atoms with Crippen LogP contribution >= 0.6 is 0 Å². The monoisotopic (exact) mass is 130 g/mol. The topological polar surface area (TPSA) is 41.8 Å². The van der Waals surface area contributed by atoms with Crippen LogP contribution in [0.5, 0.6) is 0 Å². The molecule has 1 heterocycles. The summed E-state index contributed by atoms with van der Waals surface area (Å²) in [6, 6.07) is 0. The number of rotatable bonds is 0. The summed E-state index contributed by atoms with van der Waals surface area (Å²) in [5.74, 6) is 0. The van der Waals surface area contributed by atoms with Crippen molar-refractivity contribution in [2.45, 2.75) is 13.8 Å². The number of nitrogens with zero attached hydrogens (tertiary/aromatic N) is 2. The fourth-order valence-corrected chi connectivity index (χ4v) is 1.16. The molecule has 0 saturated heterocycles. The van der Waals surface area contributed by atoms with Crippen LogP contribution in [0.3, 0.4) is 0 Å². The molecule has 0 aromatic heterocycles. The molecule has 1 aliphatic heterocycles. The standard InChI is InChI=1S/C4H6N2OS/c1-3-4(2)6-8(7)5-3/h1-2H3. The maximum atomic E-state index is 10.4. The quantitative estimate of drug-likeness (QED) is 0.470. The minimum Gasteiger partial charge on any atom is -0.209 e. The second-order valence-electron chi connectivity index (χ2n) is 1.58. The van der Waals surface area contributed by atoms with Crippen LogP contribution in [-0.4, -0.2) is 15.6 Å². The van der Waals surface area contributed by atoms with E-state index in [1.807, 2.05) is 0 Å². The van der Waals surface area contributed by atoms with Gasteiger partial charge in [0.2, 0.25) is 0 Å². The highest BCUT2D eigenvalue weighted by Crippen LogP contribution is 2.00. The summed E-state index contributed by atoms with van der Waals surface area (Å²) in [5, 5.41) is 0. The molecule has 44 valence electrons. The summed E-state index contributed by atoms with van der Waals surface area (Å²) in [7, 11) is 0. The summed E-state index contributed by atoms with van der Waals surface area (Å²) in [5.41, 5.74) is 1.56. The molecule has 0 fully saturated rings. The molecule has 0 aromatic rings. The summed E-state index contributed by atoms with van der Waals surface area (Å²) in [4.78, 5) is 0. The van der Waals surface area contributed by atoms with Gasteiger partial charge in [0.15, 0.2) is 0 Å². The van der Waals surface area contributed by atoms with Crippen molar-refractivity contribution in [1.29, 1.82) is 0 Å². The zero-order valence-corrected chi connectivity index (χ0v) is 5.53. The maximum Gasteiger partial charge on any atom is 0.266 e. The first-order valence-electron chi connectivity index (χ1n) is 2.23. The van der Waals surface area contributed by atoms with Gasteiger partial charge in [-0.05, 0) is 13.8 Å². The van der Waals surface area contributed by atoms with E-state index in [1.165, 1.54) is 0 Å². The van der Waals surface area contributed by atoms with Crippen LogP contribution in [0.1, 0.15) is 13.8 Å². The van der Waals surface area contributed by atoms with Gasteiger partial charge in [-0.1, -0.05) is 0 Å². The van der Waals surface area contributed by atoms with E-state index in [0.29, 0.717) is 0 Å². The maximum absolute atomic E-state index is 10.4. The zero-order valence-electron chi connectivity index (χ0n) is 4.71. The Morgan fingerprint density at radius 2 is 1.62 bits per heavy atom. The van der Waals surface area contributed by atoms with Gasteiger partial charge in [-0.25, -0.2) is 4.21 Å². The number of hydrogen-bond donors (Lipinski definition) is 0. The zero-order chi connectivity index (χ0) is 6.15. The summed E-state index contributed by atoms with van der Waals surface area (Å²) >= 11 is -1.31. The summed E-state index contributed by atoms with van der Waals surface area (Å²) in [6.45, 7) is 3.59. The predicted octanol–water partition coefficient (Wildman–Crippen LogP) is 0.501. The third-order valence-electron chi connectivity index (χ3n) is 0.954. The third-order valence-corrected chi connectivity index (χ3v) is 1.81. The van der Waals surface area contributed by atoms with E-state index >= 15 is 0 Å². The molecule has 0 amide bonds. The molecule has 0 radical (unpaired) electrons. The molecule has 1 rings (SSSR count). The molecule has 3 nitrogen and oxygen atoms in total. The third kappa shape index (κ3) is 0.838. The van der Waals surface area contributed by atoms with Crippen molar-refractivity contribution in [3.05, 3.63) is 0 Å². The Morgan fingerprint density at radius 3 is 1.75 bits per heavy atom. The van der Waals surface area contributed by atoms with Gasteiger partial charge in [-0.15, -0.1) is 0 Å². The van der Waals surface area contributed by atoms with Crippen molar-refractivity contribution < 1.29 is 4.21 Å². The lowest BCUT2D eigenvalue weighted by Crippen LogP contribution is -1.98. The van der Waals surface area contributed by atoms with Crippen molar-refractivity contribution in [3.63, 3.8) is 0 Å². The average Bonchev–Trinajstić information content (AvgIpc) is 1.85. The molecule has 0 aliphatic carbocycles. The van der Waals surface area contributed by atoms with Gasteiger partial charge in [0.1, 0.15) is 0 Å². The normalized spacial score (nSPS) is 20.8. The molecule has 0 N–H and O–H groups in total. The van der Waals surface area contributed by atoms with Crippen LogP contribution in [0.4, 0.5) is 0 Å². The first kappa shape index (κ1) is 5.62. The van der Waals surface area contributed by atoms with Gasteiger partial charge in [0.25, 0.3) is 11.2 Å². The van der Waals surface area contributed by atoms with Crippen molar-refractivity contribution >= 4 is 22.6 Å². The molecule has 0 atom stereocenters. The lowest BCUT2D eigenvalue weighted by atomic mass is 10.3. The highest BCUT2D eigenvalue weighted by Gasteiger charge is 2.07.